The molecule has 0 aromatic rings. The molecule has 17 heavy (non-hydrogen) atoms. The maximum atomic E-state index is 6.08. The van der Waals surface area contributed by atoms with Gasteiger partial charge in [-0.15, -0.1) is 0 Å². The van der Waals surface area contributed by atoms with Crippen molar-refractivity contribution in [3.05, 3.63) is 12.2 Å². The molecule has 0 rings (SSSR count). The summed E-state index contributed by atoms with van der Waals surface area (Å²) in [7, 11) is 0. The first-order valence-corrected chi connectivity index (χ1v) is 7.14. The van der Waals surface area contributed by atoms with E-state index in [0.29, 0.717) is 6.04 Å². The minimum Gasteiger partial charge on any atom is -0.374 e. The topological polar surface area (TPSA) is 21.3 Å². The summed E-state index contributed by atoms with van der Waals surface area (Å²) in [6.07, 6.45) is 4.17. The number of hydrogen-bond acceptors (Lipinski definition) is 2. The molecule has 0 radical (unpaired) electrons. The van der Waals surface area contributed by atoms with Crippen LogP contribution >= 0.6 is 0 Å². The summed E-state index contributed by atoms with van der Waals surface area (Å²) in [5, 5.41) is 3.59. The molecule has 2 heteroatoms. The van der Waals surface area contributed by atoms with E-state index in [1.807, 2.05) is 0 Å². The molecule has 1 unspecified atom stereocenters. The van der Waals surface area contributed by atoms with Crippen LogP contribution in [-0.4, -0.2) is 24.8 Å². The second-order valence-electron chi connectivity index (χ2n) is 4.62. The van der Waals surface area contributed by atoms with Crippen molar-refractivity contribution in [2.75, 3.05) is 13.2 Å². The quantitative estimate of drug-likeness (QED) is 0.585. The fraction of sp³-hybridized carbons (Fsp3) is 0.867. The van der Waals surface area contributed by atoms with Crippen molar-refractivity contribution in [2.24, 2.45) is 0 Å². The Morgan fingerprint density at radius 3 is 2.12 bits per heavy atom. The molecule has 0 saturated heterocycles. The third-order valence-electron chi connectivity index (χ3n) is 3.71. The van der Waals surface area contributed by atoms with Gasteiger partial charge in [-0.05, 0) is 39.2 Å². The second-order valence-corrected chi connectivity index (χ2v) is 4.62. The summed E-state index contributed by atoms with van der Waals surface area (Å²) < 4.78 is 6.08. The average Bonchev–Trinajstić information content (AvgIpc) is 2.35. The predicted molar refractivity (Wildman–Crippen MR) is 76.5 cm³/mol. The van der Waals surface area contributed by atoms with E-state index in [1.54, 1.807) is 0 Å². The lowest BCUT2D eigenvalue weighted by Gasteiger charge is -2.40. The number of ether oxygens (including phenoxy) is 1. The van der Waals surface area contributed by atoms with Crippen molar-refractivity contribution >= 4 is 0 Å². The number of rotatable bonds is 10. The Morgan fingerprint density at radius 1 is 1.18 bits per heavy atom. The highest BCUT2D eigenvalue weighted by molar-refractivity contribution is 5.03. The summed E-state index contributed by atoms with van der Waals surface area (Å²) in [6, 6.07) is 0.384. The van der Waals surface area contributed by atoms with Crippen LogP contribution in [0, 0.1) is 0 Å². The van der Waals surface area contributed by atoms with Gasteiger partial charge in [-0.3, -0.25) is 0 Å². The molecule has 0 aliphatic carbocycles. The smallest absolute Gasteiger partial charge is 0.0832 e. The summed E-state index contributed by atoms with van der Waals surface area (Å²) in [4.78, 5) is 0. The van der Waals surface area contributed by atoms with Gasteiger partial charge in [0.15, 0.2) is 0 Å². The minimum absolute atomic E-state index is 0.0388. The molecule has 0 aliphatic heterocycles. The highest BCUT2D eigenvalue weighted by Gasteiger charge is 2.35. The Labute approximate surface area is 108 Å². The minimum atomic E-state index is -0.0388. The van der Waals surface area contributed by atoms with Crippen LogP contribution in [0.2, 0.25) is 0 Å². The Kier molecular flexibility index (Phi) is 8.53. The number of likely N-dealkylation sites (N-methyl/N-ethyl adjacent to an activating group) is 1. The first-order valence-electron chi connectivity index (χ1n) is 7.14. The van der Waals surface area contributed by atoms with E-state index in [1.165, 1.54) is 5.57 Å². The molecule has 1 atom stereocenters. The lowest BCUT2D eigenvalue weighted by atomic mass is 9.84. The van der Waals surface area contributed by atoms with E-state index in [4.69, 9.17) is 4.74 Å². The Hall–Kier alpha value is -0.340. The molecule has 0 amide bonds. The molecular formula is C15H31NO. The first-order chi connectivity index (χ1) is 8.10. The lowest BCUT2D eigenvalue weighted by molar-refractivity contribution is -0.0716. The van der Waals surface area contributed by atoms with Crippen molar-refractivity contribution in [3.63, 3.8) is 0 Å². The summed E-state index contributed by atoms with van der Waals surface area (Å²) >= 11 is 0. The van der Waals surface area contributed by atoms with Crippen LogP contribution in [0.5, 0.6) is 0 Å². The van der Waals surface area contributed by atoms with Crippen LogP contribution in [0.25, 0.3) is 0 Å². The van der Waals surface area contributed by atoms with Crippen LogP contribution in [-0.2, 0) is 4.74 Å². The molecular weight excluding hydrogens is 210 g/mol. The predicted octanol–water partition coefficient (Wildman–Crippen LogP) is 3.92. The Bertz CT molecular complexity index is 209. The lowest BCUT2D eigenvalue weighted by Crippen LogP contribution is -2.52. The molecule has 0 aromatic carbocycles. The highest BCUT2D eigenvalue weighted by atomic mass is 16.5. The third-order valence-corrected chi connectivity index (χ3v) is 3.71. The van der Waals surface area contributed by atoms with Crippen molar-refractivity contribution < 1.29 is 4.74 Å². The average molecular weight is 241 g/mol. The van der Waals surface area contributed by atoms with E-state index in [2.05, 4.69) is 46.5 Å². The molecule has 0 bridgehead atoms. The molecule has 0 aromatic heterocycles. The molecule has 0 saturated carbocycles. The maximum Gasteiger partial charge on any atom is 0.0832 e. The molecule has 0 aliphatic rings. The summed E-state index contributed by atoms with van der Waals surface area (Å²) in [6.45, 7) is 16.8. The normalized spacial score (nSPS) is 13.7. The van der Waals surface area contributed by atoms with Gasteiger partial charge < -0.3 is 10.1 Å². The summed E-state index contributed by atoms with van der Waals surface area (Å²) in [5.41, 5.74) is 1.27. The molecule has 0 spiro atoms. The van der Waals surface area contributed by atoms with Crippen LogP contribution in [0.15, 0.2) is 12.2 Å². The molecule has 102 valence electrons. The van der Waals surface area contributed by atoms with Crippen molar-refractivity contribution in [2.45, 2.75) is 71.9 Å². The van der Waals surface area contributed by atoms with Gasteiger partial charge in [-0.25, -0.2) is 0 Å². The van der Waals surface area contributed by atoms with Gasteiger partial charge in [0.25, 0.3) is 0 Å². The molecule has 1 N–H and O–H groups in total. The van der Waals surface area contributed by atoms with Gasteiger partial charge in [0, 0.05) is 12.6 Å². The van der Waals surface area contributed by atoms with E-state index in [9.17, 15) is 0 Å². The Balaban J connectivity index is 4.86. The van der Waals surface area contributed by atoms with E-state index in [0.717, 1.165) is 38.8 Å². The van der Waals surface area contributed by atoms with Gasteiger partial charge >= 0.3 is 0 Å². The largest absolute Gasteiger partial charge is 0.374 e. The van der Waals surface area contributed by atoms with Crippen LogP contribution < -0.4 is 5.32 Å². The van der Waals surface area contributed by atoms with Gasteiger partial charge in [-0.2, -0.15) is 0 Å². The fourth-order valence-corrected chi connectivity index (χ4v) is 2.46. The van der Waals surface area contributed by atoms with E-state index in [-0.39, 0.29) is 5.60 Å². The number of hydrogen-bond donors (Lipinski definition) is 1. The zero-order valence-electron chi connectivity index (χ0n) is 12.4. The van der Waals surface area contributed by atoms with Gasteiger partial charge in [0.05, 0.1) is 5.60 Å². The molecule has 2 nitrogen and oxygen atoms in total. The molecule has 0 heterocycles. The SMILES string of the molecule is C=C(CC)CC(NCC)C(CC)(CC)OCC. The van der Waals surface area contributed by atoms with E-state index >= 15 is 0 Å². The van der Waals surface area contributed by atoms with Crippen LogP contribution in [0.1, 0.15) is 60.3 Å². The standard InChI is InChI=1S/C15H31NO/c1-7-13(6)12-14(16-10-4)15(8-2,9-3)17-11-5/h14,16H,6-12H2,1-5H3. The maximum absolute atomic E-state index is 6.08. The van der Waals surface area contributed by atoms with Crippen LogP contribution in [0.3, 0.4) is 0 Å². The highest BCUT2D eigenvalue weighted by Crippen LogP contribution is 2.29. The van der Waals surface area contributed by atoms with Crippen molar-refractivity contribution in [3.8, 4) is 0 Å². The monoisotopic (exact) mass is 241 g/mol. The fourth-order valence-electron chi connectivity index (χ4n) is 2.46. The summed E-state index contributed by atoms with van der Waals surface area (Å²) in [5.74, 6) is 0. The Morgan fingerprint density at radius 2 is 1.76 bits per heavy atom. The van der Waals surface area contributed by atoms with Gasteiger partial charge in [-0.1, -0.05) is 39.8 Å². The van der Waals surface area contributed by atoms with Gasteiger partial charge in [0.1, 0.15) is 0 Å². The van der Waals surface area contributed by atoms with Gasteiger partial charge in [0.2, 0.25) is 0 Å². The third kappa shape index (κ3) is 4.81. The zero-order valence-corrected chi connectivity index (χ0v) is 12.4. The zero-order chi connectivity index (χ0) is 13.3. The number of nitrogens with one attached hydrogen (secondary N) is 1. The molecule has 0 fully saturated rings. The van der Waals surface area contributed by atoms with E-state index < -0.39 is 0 Å². The van der Waals surface area contributed by atoms with Crippen molar-refractivity contribution in [1.29, 1.82) is 0 Å². The van der Waals surface area contributed by atoms with Crippen LogP contribution in [0.4, 0.5) is 0 Å². The van der Waals surface area contributed by atoms with Crippen molar-refractivity contribution in [1.82, 2.24) is 5.32 Å². The second kappa shape index (κ2) is 8.71. The first kappa shape index (κ1) is 16.7.